The van der Waals surface area contributed by atoms with Gasteiger partial charge in [0, 0.05) is 13.1 Å². The highest BCUT2D eigenvalue weighted by atomic mass is 32.3. The Morgan fingerprint density at radius 3 is 1.23 bits per heavy atom. The lowest BCUT2D eigenvalue weighted by atomic mass is 10.2. The number of rotatable bonds is 11. The molecule has 16 heteroatoms. The predicted octanol–water partition coefficient (Wildman–Crippen LogP) is 3.00. The molecular formula is C24H32N6O6S4. The number of amidine groups is 2. The first-order valence-corrected chi connectivity index (χ1v) is 17.6. The summed E-state index contributed by atoms with van der Waals surface area (Å²) in [5, 5.41) is 8.08. The Balaban J connectivity index is 1.25. The largest absolute Gasteiger partial charge is 0.292 e. The second-order valence-electron chi connectivity index (χ2n) is 9.43. The number of nitrogens with zero attached hydrogens (tertiary/aromatic N) is 6. The van der Waals surface area contributed by atoms with Crippen molar-refractivity contribution in [3.05, 3.63) is 59.7 Å². The van der Waals surface area contributed by atoms with Crippen molar-refractivity contribution >= 4 is 54.1 Å². The number of unbranched alkanes of at least 4 members (excludes halogenated alkanes) is 3. The second-order valence-corrected chi connectivity index (χ2v) is 15.9. The monoisotopic (exact) mass is 628 g/mol. The van der Waals surface area contributed by atoms with Crippen LogP contribution in [-0.2, 0) is 42.4 Å². The Hall–Kier alpha value is -2.82. The van der Waals surface area contributed by atoms with Gasteiger partial charge in [0.15, 0.2) is 0 Å². The minimum absolute atomic E-state index is 0.0215. The fourth-order valence-electron chi connectivity index (χ4n) is 4.02. The maximum absolute atomic E-state index is 13.0. The maximum Gasteiger partial charge on any atom is 0.292 e. The van der Waals surface area contributed by atoms with Crippen molar-refractivity contribution in [2.75, 3.05) is 13.1 Å². The van der Waals surface area contributed by atoms with E-state index >= 15 is 0 Å². The van der Waals surface area contributed by atoms with Gasteiger partial charge >= 0.3 is 0 Å². The highest BCUT2D eigenvalue weighted by Gasteiger charge is 2.39. The Kier molecular flexibility index (Phi) is 9.02. The molecule has 0 aliphatic carbocycles. The van der Waals surface area contributed by atoms with Crippen LogP contribution in [0.5, 0.6) is 0 Å². The summed E-state index contributed by atoms with van der Waals surface area (Å²) < 4.78 is 81.9. The molecule has 12 nitrogen and oxygen atoms in total. The lowest BCUT2D eigenvalue weighted by Gasteiger charge is -2.19. The molecule has 2 aliphatic heterocycles. The van der Waals surface area contributed by atoms with Crippen LogP contribution in [0.4, 0.5) is 0 Å². The molecule has 2 aliphatic rings. The van der Waals surface area contributed by atoms with E-state index in [-0.39, 0.29) is 9.79 Å². The zero-order valence-corrected chi connectivity index (χ0v) is 25.9. The topological polar surface area (TPSA) is 140 Å². The maximum atomic E-state index is 13.0. The van der Waals surface area contributed by atoms with Gasteiger partial charge in [-0.1, -0.05) is 55.9 Å². The summed E-state index contributed by atoms with van der Waals surface area (Å²) in [6.07, 6.45) is 2.71. The van der Waals surface area contributed by atoms with Gasteiger partial charge in [0.05, 0.1) is 9.79 Å². The predicted molar refractivity (Wildman–Crippen MR) is 155 cm³/mol. The van der Waals surface area contributed by atoms with Gasteiger partial charge in [-0.2, -0.15) is 16.8 Å². The minimum Gasteiger partial charge on any atom is -0.258 e. The van der Waals surface area contributed by atoms with E-state index in [0.29, 0.717) is 45.2 Å². The van der Waals surface area contributed by atoms with E-state index in [4.69, 9.17) is 0 Å². The molecule has 0 saturated heterocycles. The van der Waals surface area contributed by atoms with Crippen molar-refractivity contribution in [2.24, 2.45) is 10.2 Å². The van der Waals surface area contributed by atoms with Crippen LogP contribution in [-0.4, -0.2) is 66.3 Å². The average Bonchev–Trinajstić information content (AvgIpc) is 3.36. The molecule has 0 radical (unpaired) electrons. The van der Waals surface area contributed by atoms with Gasteiger partial charge in [-0.25, -0.2) is 8.42 Å². The molecule has 2 heterocycles. The first-order valence-electron chi connectivity index (χ1n) is 12.6. The molecule has 4 rings (SSSR count). The summed E-state index contributed by atoms with van der Waals surface area (Å²) in [7, 11) is -8.11. The number of aryl methyl sites for hydroxylation is 2. The number of sulfonamides is 2. The molecule has 0 fully saturated rings. The standard InChI is InChI=1S/C24H32N6O6S4/c1-19-9-13-23(14-10-19)39(33,34)29-25-21(3)27(37(29)31)17-7-5-6-8-18-28-22(4)26-30(38(28)32)40(35,36)24-15-11-20(2)12-16-24/h9-16H,5-8,17-18H2,1-4H3. The van der Waals surface area contributed by atoms with Crippen LogP contribution in [0.15, 0.2) is 68.5 Å². The van der Waals surface area contributed by atoms with Crippen molar-refractivity contribution < 1.29 is 25.3 Å². The third kappa shape index (κ3) is 6.09. The third-order valence-corrected chi connectivity index (χ3v) is 13.3. The van der Waals surface area contributed by atoms with Gasteiger partial charge in [0.25, 0.3) is 42.4 Å². The number of benzene rings is 2. The van der Waals surface area contributed by atoms with Crippen molar-refractivity contribution in [1.29, 1.82) is 0 Å². The fraction of sp³-hybridized carbons (Fsp3) is 0.417. The Labute approximate surface area is 240 Å². The molecule has 0 bridgehead atoms. The van der Waals surface area contributed by atoms with Crippen molar-refractivity contribution in [3.63, 3.8) is 0 Å². The van der Waals surface area contributed by atoms with Gasteiger partial charge < -0.3 is 0 Å². The molecule has 0 amide bonds. The molecule has 2 unspecified atom stereocenters. The molecule has 2 atom stereocenters. The summed E-state index contributed by atoms with van der Waals surface area (Å²) in [5.74, 6) is 0.700. The molecular weight excluding hydrogens is 597 g/mol. The fourth-order valence-corrected chi connectivity index (χ4v) is 9.94. The van der Waals surface area contributed by atoms with Crippen LogP contribution in [0.1, 0.15) is 50.7 Å². The van der Waals surface area contributed by atoms with Crippen LogP contribution in [0.3, 0.4) is 0 Å². The van der Waals surface area contributed by atoms with Crippen molar-refractivity contribution in [2.45, 2.75) is 63.2 Å². The van der Waals surface area contributed by atoms with E-state index in [1.807, 2.05) is 13.8 Å². The molecule has 40 heavy (non-hydrogen) atoms. The zero-order chi connectivity index (χ0) is 29.2. The summed E-state index contributed by atoms with van der Waals surface area (Å²) >= 11 is -4.01. The minimum atomic E-state index is -4.05. The van der Waals surface area contributed by atoms with Gasteiger partial charge in [-0.05, 0) is 64.8 Å². The average molecular weight is 629 g/mol. The van der Waals surface area contributed by atoms with Crippen LogP contribution in [0.2, 0.25) is 0 Å². The van der Waals surface area contributed by atoms with Crippen LogP contribution in [0.25, 0.3) is 0 Å². The van der Waals surface area contributed by atoms with Gasteiger partial charge in [0.1, 0.15) is 11.7 Å². The molecule has 0 saturated carbocycles. The smallest absolute Gasteiger partial charge is 0.258 e. The number of hydrogen-bond donors (Lipinski definition) is 0. The summed E-state index contributed by atoms with van der Waals surface area (Å²) in [4.78, 5) is 0.0430. The molecule has 2 aromatic carbocycles. The van der Waals surface area contributed by atoms with Gasteiger partial charge in [-0.3, -0.25) is 8.61 Å². The lowest BCUT2D eigenvalue weighted by Crippen LogP contribution is -2.34. The van der Waals surface area contributed by atoms with E-state index in [0.717, 1.165) is 24.0 Å². The third-order valence-electron chi connectivity index (χ3n) is 6.34. The number of hydrazone groups is 2. The van der Waals surface area contributed by atoms with Gasteiger partial charge in [-0.15, -0.1) is 10.2 Å². The second kappa shape index (κ2) is 12.0. The molecule has 0 aromatic heterocycles. The number of hydrogen-bond acceptors (Lipinski definition) is 8. The van der Waals surface area contributed by atoms with Crippen molar-refractivity contribution in [1.82, 2.24) is 16.2 Å². The lowest BCUT2D eigenvalue weighted by molar-refractivity contribution is 0.508. The molecule has 0 spiro atoms. The quantitative estimate of drug-likeness (QED) is 0.351. The van der Waals surface area contributed by atoms with E-state index in [2.05, 4.69) is 10.2 Å². The SMILES string of the molecule is CC1=NN(S(=O)(=O)c2ccc(C)cc2)S(=O)N1CCCCCCN1C(C)=NN(S(=O)(=O)c2ccc(C)cc2)S1=O. The molecule has 0 N–H and O–H groups in total. The van der Waals surface area contributed by atoms with E-state index in [1.54, 1.807) is 38.1 Å². The Morgan fingerprint density at radius 1 is 0.575 bits per heavy atom. The Morgan fingerprint density at radius 2 is 0.900 bits per heavy atom. The highest BCUT2D eigenvalue weighted by Crippen LogP contribution is 2.27. The van der Waals surface area contributed by atoms with Crippen LogP contribution < -0.4 is 0 Å². The first-order chi connectivity index (χ1) is 18.8. The van der Waals surface area contributed by atoms with Crippen LogP contribution in [0, 0.1) is 13.8 Å². The van der Waals surface area contributed by atoms with E-state index < -0.39 is 42.4 Å². The van der Waals surface area contributed by atoms with E-state index in [9.17, 15) is 25.3 Å². The van der Waals surface area contributed by atoms with Crippen LogP contribution >= 0.6 is 0 Å². The zero-order valence-electron chi connectivity index (χ0n) is 22.6. The molecule has 218 valence electrons. The Bertz CT molecular complexity index is 1450. The van der Waals surface area contributed by atoms with Gasteiger partial charge in [0.2, 0.25) is 0 Å². The summed E-state index contributed by atoms with van der Waals surface area (Å²) in [6.45, 7) is 7.62. The summed E-state index contributed by atoms with van der Waals surface area (Å²) in [6, 6.07) is 12.5. The molecule has 2 aromatic rings. The van der Waals surface area contributed by atoms with E-state index in [1.165, 1.54) is 32.9 Å². The summed E-state index contributed by atoms with van der Waals surface area (Å²) in [5.41, 5.74) is 1.82. The van der Waals surface area contributed by atoms with Crippen molar-refractivity contribution in [3.8, 4) is 0 Å². The normalized spacial score (nSPS) is 19.8. The highest BCUT2D eigenvalue weighted by molar-refractivity contribution is 8.01. The first kappa shape index (κ1) is 30.1.